The molecule has 2 rings (SSSR count). The first-order chi connectivity index (χ1) is 12.9. The number of hydrogen-bond donors (Lipinski definition) is 3. The van der Waals surface area contributed by atoms with Gasteiger partial charge in [-0.1, -0.05) is 12.8 Å². The molecule has 0 aromatic heterocycles. The Hall–Kier alpha value is -2.97. The van der Waals surface area contributed by atoms with Crippen molar-refractivity contribution in [3.8, 4) is 17.2 Å². The van der Waals surface area contributed by atoms with Gasteiger partial charge in [0.1, 0.15) is 0 Å². The number of carbonyl (C=O) groups is 3. The number of ether oxygens (including phenoxy) is 3. The first-order valence-electron chi connectivity index (χ1n) is 8.55. The molecule has 1 aliphatic carbocycles. The Morgan fingerprint density at radius 1 is 0.926 bits per heavy atom. The third kappa shape index (κ3) is 4.60. The summed E-state index contributed by atoms with van der Waals surface area (Å²) in [7, 11) is 4.30. The number of aliphatic carboxylic acids is 1. The van der Waals surface area contributed by atoms with Crippen LogP contribution in [0.2, 0.25) is 0 Å². The minimum absolute atomic E-state index is 0.184. The van der Waals surface area contributed by atoms with E-state index >= 15 is 0 Å². The van der Waals surface area contributed by atoms with Crippen molar-refractivity contribution in [3.05, 3.63) is 17.7 Å². The number of rotatable bonds is 6. The first-order valence-corrected chi connectivity index (χ1v) is 8.55. The molecular weight excluding hydrogens is 356 g/mol. The monoisotopic (exact) mass is 380 g/mol. The molecule has 0 saturated heterocycles. The summed E-state index contributed by atoms with van der Waals surface area (Å²) < 4.78 is 15.6. The highest BCUT2D eigenvalue weighted by molar-refractivity contribution is 5.97. The zero-order valence-electron chi connectivity index (χ0n) is 15.5. The third-order valence-electron chi connectivity index (χ3n) is 4.65. The Bertz CT molecular complexity index is 695. The molecular formula is C18H24N2O7. The molecule has 1 saturated carbocycles. The van der Waals surface area contributed by atoms with Crippen LogP contribution in [0.4, 0.5) is 0 Å². The highest BCUT2D eigenvalue weighted by Gasteiger charge is 2.35. The second kappa shape index (κ2) is 9.11. The summed E-state index contributed by atoms with van der Waals surface area (Å²) in [6.45, 7) is 0. The molecule has 0 spiro atoms. The van der Waals surface area contributed by atoms with Crippen LogP contribution in [-0.4, -0.2) is 44.2 Å². The lowest BCUT2D eigenvalue weighted by molar-refractivity contribution is -0.149. The van der Waals surface area contributed by atoms with Crippen molar-refractivity contribution in [2.45, 2.75) is 25.7 Å². The van der Waals surface area contributed by atoms with Crippen molar-refractivity contribution in [2.24, 2.45) is 11.8 Å². The van der Waals surface area contributed by atoms with Crippen LogP contribution in [0.25, 0.3) is 0 Å². The van der Waals surface area contributed by atoms with Gasteiger partial charge in [0.15, 0.2) is 11.5 Å². The van der Waals surface area contributed by atoms with E-state index < -0.39 is 29.6 Å². The lowest BCUT2D eigenvalue weighted by atomic mass is 9.79. The Morgan fingerprint density at radius 3 is 1.96 bits per heavy atom. The summed E-state index contributed by atoms with van der Waals surface area (Å²) in [5.41, 5.74) is 4.82. The summed E-state index contributed by atoms with van der Waals surface area (Å²) in [6, 6.07) is 2.90. The summed E-state index contributed by atoms with van der Waals surface area (Å²) in [5.74, 6) is -2.57. The van der Waals surface area contributed by atoms with E-state index in [1.54, 1.807) is 0 Å². The summed E-state index contributed by atoms with van der Waals surface area (Å²) >= 11 is 0. The zero-order valence-corrected chi connectivity index (χ0v) is 15.5. The molecule has 2 amide bonds. The van der Waals surface area contributed by atoms with Gasteiger partial charge in [0.05, 0.1) is 33.2 Å². The summed E-state index contributed by atoms with van der Waals surface area (Å²) in [6.07, 6.45) is 2.48. The van der Waals surface area contributed by atoms with Gasteiger partial charge >= 0.3 is 5.97 Å². The van der Waals surface area contributed by atoms with Gasteiger partial charge in [-0.05, 0) is 25.0 Å². The Balaban J connectivity index is 2.09. The van der Waals surface area contributed by atoms with Crippen LogP contribution in [0.15, 0.2) is 12.1 Å². The minimum Gasteiger partial charge on any atom is -0.493 e. The van der Waals surface area contributed by atoms with Gasteiger partial charge in [-0.3, -0.25) is 25.2 Å². The highest BCUT2D eigenvalue weighted by atomic mass is 16.5. The van der Waals surface area contributed by atoms with Crippen molar-refractivity contribution in [3.63, 3.8) is 0 Å². The Kier molecular flexibility index (Phi) is 6.86. The van der Waals surface area contributed by atoms with Crippen LogP contribution >= 0.6 is 0 Å². The number of hydrogen-bond acceptors (Lipinski definition) is 6. The number of amides is 2. The molecule has 1 aromatic rings. The van der Waals surface area contributed by atoms with Crippen LogP contribution < -0.4 is 25.1 Å². The molecule has 1 fully saturated rings. The van der Waals surface area contributed by atoms with Crippen molar-refractivity contribution < 1.29 is 33.7 Å². The van der Waals surface area contributed by atoms with E-state index in [1.165, 1.54) is 33.5 Å². The maximum absolute atomic E-state index is 12.4. The van der Waals surface area contributed by atoms with Crippen LogP contribution in [0.3, 0.4) is 0 Å². The predicted molar refractivity (Wildman–Crippen MR) is 94.8 cm³/mol. The molecule has 2 atom stereocenters. The second-order valence-electron chi connectivity index (χ2n) is 6.19. The van der Waals surface area contributed by atoms with Crippen molar-refractivity contribution in [2.75, 3.05) is 21.3 Å². The van der Waals surface area contributed by atoms with Gasteiger partial charge < -0.3 is 19.3 Å². The number of benzene rings is 1. The van der Waals surface area contributed by atoms with Gasteiger partial charge in [-0.15, -0.1) is 0 Å². The zero-order chi connectivity index (χ0) is 20.0. The summed E-state index contributed by atoms with van der Waals surface area (Å²) in [4.78, 5) is 36.0. The molecule has 0 bridgehead atoms. The molecule has 9 nitrogen and oxygen atoms in total. The quantitative estimate of drug-likeness (QED) is 0.637. The van der Waals surface area contributed by atoms with Crippen LogP contribution in [0.1, 0.15) is 36.0 Å². The van der Waals surface area contributed by atoms with E-state index in [0.717, 1.165) is 12.8 Å². The number of carboxylic acid groups (broad SMARTS) is 1. The lowest BCUT2D eigenvalue weighted by Gasteiger charge is -2.27. The summed E-state index contributed by atoms with van der Waals surface area (Å²) in [5, 5.41) is 9.27. The van der Waals surface area contributed by atoms with E-state index in [0.29, 0.717) is 30.1 Å². The average Bonchev–Trinajstić information content (AvgIpc) is 2.70. The number of nitrogens with one attached hydrogen (secondary N) is 2. The Morgan fingerprint density at radius 2 is 1.48 bits per heavy atom. The van der Waals surface area contributed by atoms with Gasteiger partial charge in [0, 0.05) is 5.56 Å². The minimum atomic E-state index is -0.995. The SMILES string of the molecule is COc1cc(C(=O)NNC(=O)[C@H]2CCCC[C@@H]2C(=O)O)cc(OC)c1OC. The predicted octanol–water partition coefficient (Wildman–Crippen LogP) is 1.36. The van der Waals surface area contributed by atoms with Gasteiger partial charge in [-0.2, -0.15) is 0 Å². The fourth-order valence-electron chi connectivity index (χ4n) is 3.24. The average molecular weight is 380 g/mol. The lowest BCUT2D eigenvalue weighted by Crippen LogP contribution is -2.47. The molecule has 3 N–H and O–H groups in total. The number of carboxylic acids is 1. The fraction of sp³-hybridized carbons (Fsp3) is 0.500. The van der Waals surface area contributed by atoms with Gasteiger partial charge in [-0.25, -0.2) is 0 Å². The molecule has 0 aliphatic heterocycles. The maximum Gasteiger partial charge on any atom is 0.307 e. The van der Waals surface area contributed by atoms with E-state index in [1.807, 2.05) is 0 Å². The maximum atomic E-state index is 12.4. The molecule has 0 radical (unpaired) electrons. The second-order valence-corrected chi connectivity index (χ2v) is 6.19. The number of hydrazine groups is 1. The first kappa shape index (κ1) is 20.3. The van der Waals surface area contributed by atoms with E-state index in [2.05, 4.69) is 10.9 Å². The molecule has 148 valence electrons. The molecule has 0 unspecified atom stereocenters. The molecule has 27 heavy (non-hydrogen) atoms. The molecule has 9 heteroatoms. The van der Waals surface area contributed by atoms with Crippen LogP contribution in [-0.2, 0) is 9.59 Å². The molecule has 0 heterocycles. The van der Waals surface area contributed by atoms with Crippen molar-refractivity contribution in [1.82, 2.24) is 10.9 Å². The van der Waals surface area contributed by atoms with Gasteiger partial charge in [0.2, 0.25) is 11.7 Å². The largest absolute Gasteiger partial charge is 0.493 e. The van der Waals surface area contributed by atoms with E-state index in [9.17, 15) is 19.5 Å². The smallest absolute Gasteiger partial charge is 0.307 e. The topological polar surface area (TPSA) is 123 Å². The fourth-order valence-corrected chi connectivity index (χ4v) is 3.24. The molecule has 1 aliphatic rings. The highest BCUT2D eigenvalue weighted by Crippen LogP contribution is 2.38. The van der Waals surface area contributed by atoms with Crippen LogP contribution in [0.5, 0.6) is 17.2 Å². The van der Waals surface area contributed by atoms with Crippen molar-refractivity contribution in [1.29, 1.82) is 0 Å². The van der Waals surface area contributed by atoms with Crippen LogP contribution in [0, 0.1) is 11.8 Å². The normalized spacial score (nSPS) is 18.9. The van der Waals surface area contributed by atoms with E-state index in [4.69, 9.17) is 14.2 Å². The van der Waals surface area contributed by atoms with Gasteiger partial charge in [0.25, 0.3) is 5.91 Å². The standard InChI is InChI=1S/C18H24N2O7/c1-25-13-8-10(9-14(26-2)15(13)27-3)16(21)19-20-17(22)11-6-4-5-7-12(11)18(23)24/h8-9,11-12H,4-7H2,1-3H3,(H,19,21)(H,20,22)(H,23,24)/t11-,12-/m0/s1. The van der Waals surface area contributed by atoms with Crippen molar-refractivity contribution >= 4 is 17.8 Å². The number of methoxy groups -OCH3 is 3. The Labute approximate surface area is 156 Å². The number of carbonyl (C=O) groups excluding carboxylic acids is 2. The third-order valence-corrected chi connectivity index (χ3v) is 4.65. The van der Waals surface area contributed by atoms with E-state index in [-0.39, 0.29) is 5.56 Å². The molecule has 1 aromatic carbocycles.